The van der Waals surface area contributed by atoms with Crippen molar-refractivity contribution in [2.24, 2.45) is 0 Å². The second kappa shape index (κ2) is 3.78. The first kappa shape index (κ1) is 11.6. The second-order valence-electron chi connectivity index (χ2n) is 4.81. The first-order chi connectivity index (χ1) is 9.00. The van der Waals surface area contributed by atoms with Crippen molar-refractivity contribution < 1.29 is 14.0 Å². The van der Waals surface area contributed by atoms with E-state index in [0.29, 0.717) is 22.9 Å². The highest BCUT2D eigenvalue weighted by atomic mass is 16.4. The van der Waals surface area contributed by atoms with Crippen LogP contribution in [0.25, 0.3) is 11.3 Å². The maximum atomic E-state index is 12.0. The number of hydrogen-bond donors (Lipinski definition) is 1. The maximum absolute atomic E-state index is 12.0. The number of anilines is 1. The lowest BCUT2D eigenvalue weighted by Crippen LogP contribution is -2.21. The number of nitrogens with zero attached hydrogens (tertiary/aromatic N) is 1. The average molecular weight is 256 g/mol. The predicted octanol–water partition coefficient (Wildman–Crippen LogP) is 2.43. The number of rotatable bonds is 1. The molecular weight excluding hydrogens is 244 g/mol. The Bertz CT molecular complexity index is 713. The molecule has 19 heavy (non-hydrogen) atoms. The molecule has 0 aliphatic heterocycles. The highest BCUT2D eigenvalue weighted by molar-refractivity contribution is 6.52. The van der Waals surface area contributed by atoms with Crippen LogP contribution in [0.2, 0.25) is 0 Å². The molecule has 0 saturated heterocycles. The summed E-state index contributed by atoms with van der Waals surface area (Å²) >= 11 is 0. The van der Waals surface area contributed by atoms with Gasteiger partial charge in [-0.15, -0.1) is 0 Å². The monoisotopic (exact) mass is 256 g/mol. The summed E-state index contributed by atoms with van der Waals surface area (Å²) in [5.41, 5.74) is 7.13. The molecule has 2 N–H and O–H groups in total. The molecule has 96 valence electrons. The number of oxazole rings is 1. The summed E-state index contributed by atoms with van der Waals surface area (Å²) < 4.78 is 5.63. The number of aromatic nitrogens is 1. The van der Waals surface area contributed by atoms with Gasteiger partial charge in [0, 0.05) is 17.2 Å². The third-order valence-corrected chi connectivity index (χ3v) is 3.13. The molecule has 2 aromatic rings. The molecule has 0 saturated carbocycles. The van der Waals surface area contributed by atoms with Gasteiger partial charge in [-0.05, 0) is 6.07 Å². The Balaban J connectivity index is 2.35. The molecule has 0 radical (unpaired) electrons. The van der Waals surface area contributed by atoms with Crippen LogP contribution in [0, 0.1) is 0 Å². The van der Waals surface area contributed by atoms with Crippen LogP contribution in [0.15, 0.2) is 22.6 Å². The molecule has 0 spiro atoms. The van der Waals surface area contributed by atoms with E-state index in [2.05, 4.69) is 4.98 Å². The van der Waals surface area contributed by atoms with E-state index in [-0.39, 0.29) is 17.2 Å². The van der Waals surface area contributed by atoms with Crippen molar-refractivity contribution in [1.29, 1.82) is 0 Å². The van der Waals surface area contributed by atoms with Crippen LogP contribution in [-0.2, 0) is 0 Å². The van der Waals surface area contributed by atoms with E-state index in [1.54, 1.807) is 18.2 Å². The zero-order valence-electron chi connectivity index (χ0n) is 10.6. The van der Waals surface area contributed by atoms with Crippen molar-refractivity contribution in [3.05, 3.63) is 35.3 Å². The number of carbonyl (C=O) groups excluding carboxylic acids is 2. The van der Waals surface area contributed by atoms with Crippen LogP contribution in [0.1, 0.15) is 46.5 Å². The molecule has 0 amide bonds. The van der Waals surface area contributed by atoms with Gasteiger partial charge in [-0.1, -0.05) is 26.0 Å². The summed E-state index contributed by atoms with van der Waals surface area (Å²) in [6.07, 6.45) is 0. The van der Waals surface area contributed by atoms with Crippen molar-refractivity contribution in [3.63, 3.8) is 0 Å². The van der Waals surface area contributed by atoms with Crippen LogP contribution in [-0.4, -0.2) is 16.6 Å². The molecule has 5 heteroatoms. The van der Waals surface area contributed by atoms with Crippen molar-refractivity contribution in [3.8, 4) is 11.3 Å². The number of Topliss-reactive ketones (excluding diaryl/α,β-unsaturated/α-hetero) is 2. The highest BCUT2D eigenvalue weighted by Crippen LogP contribution is 2.38. The largest absolute Gasteiger partial charge is 0.440 e. The number of hydrogen-bond acceptors (Lipinski definition) is 5. The fourth-order valence-electron chi connectivity index (χ4n) is 2.15. The third kappa shape index (κ3) is 1.51. The average Bonchev–Trinajstić information content (AvgIpc) is 2.81. The summed E-state index contributed by atoms with van der Waals surface area (Å²) in [4.78, 5) is 28.2. The van der Waals surface area contributed by atoms with Gasteiger partial charge in [0.05, 0.1) is 5.56 Å². The van der Waals surface area contributed by atoms with Gasteiger partial charge in [0.15, 0.2) is 17.3 Å². The quantitative estimate of drug-likeness (QED) is 0.625. The Kier molecular flexibility index (Phi) is 2.32. The molecule has 0 fully saturated rings. The minimum Gasteiger partial charge on any atom is -0.440 e. The SMILES string of the molecule is CC(C)c1nc2c(o1)-c1c(N)cccc1C(=O)C2=O. The van der Waals surface area contributed by atoms with Gasteiger partial charge in [0.2, 0.25) is 5.78 Å². The Labute approximate surface area is 109 Å². The van der Waals surface area contributed by atoms with Crippen LogP contribution in [0.4, 0.5) is 5.69 Å². The standard InChI is InChI=1S/C14H12N2O3/c1-6(2)14-16-10-12(18)11(17)7-4-3-5-8(15)9(7)13(10)19-14/h3-6H,15H2,1-2H3. The first-order valence-electron chi connectivity index (χ1n) is 5.99. The van der Waals surface area contributed by atoms with E-state index < -0.39 is 11.6 Å². The summed E-state index contributed by atoms with van der Waals surface area (Å²) in [6, 6.07) is 4.89. The van der Waals surface area contributed by atoms with E-state index in [4.69, 9.17) is 10.2 Å². The molecule has 1 aliphatic rings. The maximum Gasteiger partial charge on any atom is 0.255 e. The van der Waals surface area contributed by atoms with Gasteiger partial charge >= 0.3 is 0 Å². The smallest absolute Gasteiger partial charge is 0.255 e. The van der Waals surface area contributed by atoms with E-state index in [1.165, 1.54) is 0 Å². The molecule has 1 heterocycles. The van der Waals surface area contributed by atoms with Gasteiger partial charge in [-0.3, -0.25) is 9.59 Å². The number of benzene rings is 1. The Morgan fingerprint density at radius 3 is 2.63 bits per heavy atom. The van der Waals surface area contributed by atoms with Crippen molar-refractivity contribution in [1.82, 2.24) is 4.98 Å². The molecule has 3 rings (SSSR count). The molecule has 1 aromatic carbocycles. The van der Waals surface area contributed by atoms with Crippen LogP contribution in [0.3, 0.4) is 0 Å². The van der Waals surface area contributed by atoms with Gasteiger partial charge in [-0.2, -0.15) is 0 Å². The van der Waals surface area contributed by atoms with Crippen LogP contribution >= 0.6 is 0 Å². The van der Waals surface area contributed by atoms with E-state index in [9.17, 15) is 9.59 Å². The molecule has 0 bridgehead atoms. The van der Waals surface area contributed by atoms with Crippen LogP contribution in [0.5, 0.6) is 0 Å². The normalized spacial score (nSPS) is 13.6. The minimum atomic E-state index is -0.635. The highest BCUT2D eigenvalue weighted by Gasteiger charge is 2.36. The van der Waals surface area contributed by atoms with E-state index in [0.717, 1.165) is 0 Å². The number of nitrogens with two attached hydrogens (primary N) is 1. The zero-order valence-corrected chi connectivity index (χ0v) is 10.6. The summed E-state index contributed by atoms with van der Waals surface area (Å²) in [5.74, 6) is -0.451. The number of carbonyl (C=O) groups is 2. The molecule has 1 aliphatic carbocycles. The predicted molar refractivity (Wildman–Crippen MR) is 69.1 cm³/mol. The number of ketones is 2. The summed E-state index contributed by atoms with van der Waals surface area (Å²) in [7, 11) is 0. The topological polar surface area (TPSA) is 86.2 Å². The van der Waals surface area contributed by atoms with Crippen LogP contribution < -0.4 is 5.73 Å². The van der Waals surface area contributed by atoms with Gasteiger partial charge in [0.1, 0.15) is 0 Å². The Morgan fingerprint density at radius 2 is 1.95 bits per heavy atom. The number of fused-ring (bicyclic) bond motifs is 3. The fraction of sp³-hybridized carbons (Fsp3) is 0.214. The molecule has 1 aromatic heterocycles. The van der Waals surface area contributed by atoms with Crippen molar-refractivity contribution >= 4 is 17.3 Å². The van der Waals surface area contributed by atoms with E-state index in [1.807, 2.05) is 13.8 Å². The lowest BCUT2D eigenvalue weighted by molar-refractivity contribution is 0.0812. The first-order valence-corrected chi connectivity index (χ1v) is 5.99. The number of nitrogen functional groups attached to an aromatic ring is 1. The lowest BCUT2D eigenvalue weighted by atomic mass is 9.90. The fourth-order valence-corrected chi connectivity index (χ4v) is 2.15. The lowest BCUT2D eigenvalue weighted by Gasteiger charge is -2.13. The minimum absolute atomic E-state index is 0.0295. The van der Waals surface area contributed by atoms with Gasteiger partial charge < -0.3 is 10.2 Å². The van der Waals surface area contributed by atoms with Gasteiger partial charge in [0.25, 0.3) is 5.78 Å². The molecule has 0 unspecified atom stereocenters. The third-order valence-electron chi connectivity index (χ3n) is 3.13. The van der Waals surface area contributed by atoms with Gasteiger partial charge in [-0.25, -0.2) is 4.98 Å². The summed E-state index contributed by atoms with van der Waals surface area (Å²) in [5, 5.41) is 0. The zero-order chi connectivity index (χ0) is 13.7. The Morgan fingerprint density at radius 1 is 1.21 bits per heavy atom. The molecule has 0 atom stereocenters. The summed E-state index contributed by atoms with van der Waals surface area (Å²) in [6.45, 7) is 3.80. The second-order valence-corrected chi connectivity index (χ2v) is 4.81. The molecule has 5 nitrogen and oxygen atoms in total. The molecular formula is C14H12N2O3. The van der Waals surface area contributed by atoms with E-state index >= 15 is 0 Å². The van der Waals surface area contributed by atoms with Crippen molar-refractivity contribution in [2.45, 2.75) is 19.8 Å². The van der Waals surface area contributed by atoms with Crippen molar-refractivity contribution in [2.75, 3.05) is 5.73 Å². The Hall–Kier alpha value is -2.43.